The molecule has 1 aliphatic carbocycles. The lowest BCUT2D eigenvalue weighted by Crippen LogP contribution is -2.36. The Labute approximate surface area is 159 Å². The third-order valence-corrected chi connectivity index (χ3v) is 6.94. The summed E-state index contributed by atoms with van der Waals surface area (Å²) in [5.41, 5.74) is 1.64. The lowest BCUT2D eigenvalue weighted by Gasteiger charge is -2.31. The topological polar surface area (TPSA) is 84.5 Å². The highest BCUT2D eigenvalue weighted by Gasteiger charge is 2.47. The second-order valence-electron chi connectivity index (χ2n) is 7.14. The maximum absolute atomic E-state index is 12.7. The van der Waals surface area contributed by atoms with Crippen LogP contribution in [0.2, 0.25) is 0 Å². The molecule has 2 N–H and O–H groups in total. The molecule has 2 aliphatic rings. The van der Waals surface area contributed by atoms with E-state index in [4.69, 9.17) is 4.74 Å². The molecule has 0 unspecified atom stereocenters. The van der Waals surface area contributed by atoms with Crippen molar-refractivity contribution in [3.63, 3.8) is 0 Å². The fourth-order valence-electron chi connectivity index (χ4n) is 4.10. The van der Waals surface area contributed by atoms with E-state index in [0.29, 0.717) is 11.4 Å². The Kier molecular flexibility index (Phi) is 4.34. The van der Waals surface area contributed by atoms with E-state index in [2.05, 4.69) is 10.0 Å². The zero-order valence-electron chi connectivity index (χ0n) is 15.1. The van der Waals surface area contributed by atoms with Gasteiger partial charge in [-0.1, -0.05) is 19.3 Å². The molecule has 0 saturated heterocycles. The van der Waals surface area contributed by atoms with Crippen molar-refractivity contribution >= 4 is 27.3 Å². The quantitative estimate of drug-likeness (QED) is 0.840. The van der Waals surface area contributed by atoms with Gasteiger partial charge < -0.3 is 10.1 Å². The number of sulfonamides is 1. The van der Waals surface area contributed by atoms with Gasteiger partial charge in [-0.3, -0.25) is 9.52 Å². The number of nitrogens with one attached hydrogen (secondary N) is 2. The first kappa shape index (κ1) is 17.9. The standard InChI is InChI=1S/C20H22N2O4S/c1-26-15-6-8-16(9-7-15)27(24,25)22-14-5-10-18-17(13-14)20(19(23)21-18)11-3-2-4-12-20/h5-10,13,22H,2-4,11-12H2,1H3,(H,21,23). The van der Waals surface area contributed by atoms with E-state index in [9.17, 15) is 13.2 Å². The summed E-state index contributed by atoms with van der Waals surface area (Å²) in [7, 11) is -2.19. The molecule has 1 spiro atoms. The number of hydrogen-bond donors (Lipinski definition) is 2. The molecule has 27 heavy (non-hydrogen) atoms. The van der Waals surface area contributed by atoms with Gasteiger partial charge in [-0.05, 0) is 60.9 Å². The first-order valence-corrected chi connectivity index (χ1v) is 10.6. The minimum atomic E-state index is -3.72. The average molecular weight is 386 g/mol. The molecule has 0 bridgehead atoms. The van der Waals surface area contributed by atoms with Crippen LogP contribution in [0, 0.1) is 0 Å². The van der Waals surface area contributed by atoms with E-state index in [1.54, 1.807) is 30.3 Å². The fraction of sp³-hybridized carbons (Fsp3) is 0.350. The van der Waals surface area contributed by atoms with Crippen molar-refractivity contribution in [1.82, 2.24) is 0 Å². The van der Waals surface area contributed by atoms with Gasteiger partial charge in [0, 0.05) is 11.4 Å². The van der Waals surface area contributed by atoms with Crippen molar-refractivity contribution in [3.8, 4) is 5.75 Å². The zero-order valence-corrected chi connectivity index (χ0v) is 15.9. The summed E-state index contributed by atoms with van der Waals surface area (Å²) in [4.78, 5) is 12.8. The van der Waals surface area contributed by atoms with E-state index in [1.165, 1.54) is 19.2 Å². The van der Waals surface area contributed by atoms with Crippen molar-refractivity contribution in [1.29, 1.82) is 0 Å². The van der Waals surface area contributed by atoms with E-state index < -0.39 is 15.4 Å². The summed E-state index contributed by atoms with van der Waals surface area (Å²) in [5, 5.41) is 2.96. The molecule has 6 nitrogen and oxygen atoms in total. The van der Waals surface area contributed by atoms with Gasteiger partial charge in [0.25, 0.3) is 10.0 Å². The number of fused-ring (bicyclic) bond motifs is 2. The summed E-state index contributed by atoms with van der Waals surface area (Å²) in [6.45, 7) is 0. The van der Waals surface area contributed by atoms with Gasteiger partial charge in [0.15, 0.2) is 0 Å². The predicted molar refractivity (Wildman–Crippen MR) is 104 cm³/mol. The van der Waals surface area contributed by atoms with Crippen molar-refractivity contribution in [2.24, 2.45) is 0 Å². The molecule has 0 atom stereocenters. The number of methoxy groups -OCH3 is 1. The molecular formula is C20H22N2O4S. The number of rotatable bonds is 4. The van der Waals surface area contributed by atoms with Crippen LogP contribution in [-0.4, -0.2) is 21.4 Å². The van der Waals surface area contributed by atoms with Crippen LogP contribution in [0.25, 0.3) is 0 Å². The molecule has 1 saturated carbocycles. The normalized spacial score (nSPS) is 18.0. The molecule has 142 valence electrons. The monoisotopic (exact) mass is 386 g/mol. The Morgan fingerprint density at radius 3 is 2.41 bits per heavy atom. The molecule has 1 fully saturated rings. The van der Waals surface area contributed by atoms with E-state index in [1.807, 2.05) is 0 Å². The van der Waals surface area contributed by atoms with Gasteiger partial charge in [-0.25, -0.2) is 8.42 Å². The molecule has 1 heterocycles. The molecule has 0 aromatic heterocycles. The SMILES string of the molecule is COc1ccc(S(=O)(=O)Nc2ccc3c(c2)C2(CCCCC2)C(=O)N3)cc1. The Balaban J connectivity index is 1.65. The van der Waals surface area contributed by atoms with Gasteiger partial charge in [0.2, 0.25) is 5.91 Å². The highest BCUT2D eigenvalue weighted by atomic mass is 32.2. The third-order valence-electron chi connectivity index (χ3n) is 5.55. The largest absolute Gasteiger partial charge is 0.497 e. The first-order chi connectivity index (χ1) is 12.9. The summed E-state index contributed by atoms with van der Waals surface area (Å²) < 4.78 is 33.1. The number of anilines is 2. The summed E-state index contributed by atoms with van der Waals surface area (Å²) >= 11 is 0. The van der Waals surface area contributed by atoms with Crippen LogP contribution in [0.5, 0.6) is 5.75 Å². The van der Waals surface area contributed by atoms with Gasteiger partial charge >= 0.3 is 0 Å². The Bertz CT molecular complexity index is 978. The van der Waals surface area contributed by atoms with E-state index >= 15 is 0 Å². The molecular weight excluding hydrogens is 364 g/mol. The summed E-state index contributed by atoms with van der Waals surface area (Å²) in [5.74, 6) is 0.627. The molecule has 1 amide bonds. The number of amides is 1. The Hall–Kier alpha value is -2.54. The number of ether oxygens (including phenoxy) is 1. The van der Waals surface area contributed by atoms with E-state index in [0.717, 1.165) is 43.4 Å². The summed E-state index contributed by atoms with van der Waals surface area (Å²) in [6.07, 6.45) is 4.76. The van der Waals surface area contributed by atoms with Crippen molar-refractivity contribution < 1.29 is 17.9 Å². The highest BCUT2D eigenvalue weighted by molar-refractivity contribution is 7.92. The highest BCUT2D eigenvalue weighted by Crippen LogP contribution is 2.48. The van der Waals surface area contributed by atoms with Crippen LogP contribution in [-0.2, 0) is 20.2 Å². The number of carbonyl (C=O) groups is 1. The maximum atomic E-state index is 12.7. The Morgan fingerprint density at radius 2 is 1.74 bits per heavy atom. The average Bonchev–Trinajstić information content (AvgIpc) is 2.93. The van der Waals surface area contributed by atoms with Crippen LogP contribution < -0.4 is 14.8 Å². The first-order valence-electron chi connectivity index (χ1n) is 9.07. The minimum Gasteiger partial charge on any atom is -0.497 e. The maximum Gasteiger partial charge on any atom is 0.261 e. The van der Waals surface area contributed by atoms with Crippen LogP contribution in [0.4, 0.5) is 11.4 Å². The Morgan fingerprint density at radius 1 is 1.04 bits per heavy atom. The number of carbonyl (C=O) groups excluding carboxylic acids is 1. The predicted octanol–water partition coefficient (Wildman–Crippen LogP) is 3.65. The van der Waals surface area contributed by atoms with Crippen molar-refractivity contribution in [2.45, 2.75) is 42.4 Å². The number of hydrogen-bond acceptors (Lipinski definition) is 4. The lowest BCUT2D eigenvalue weighted by molar-refractivity contribution is -0.121. The second-order valence-corrected chi connectivity index (χ2v) is 8.82. The molecule has 2 aromatic rings. The number of benzene rings is 2. The van der Waals surface area contributed by atoms with E-state index in [-0.39, 0.29) is 10.8 Å². The zero-order chi connectivity index (χ0) is 19.1. The van der Waals surface area contributed by atoms with Crippen LogP contribution >= 0.6 is 0 Å². The lowest BCUT2D eigenvalue weighted by atomic mass is 9.70. The minimum absolute atomic E-state index is 0.0346. The molecule has 0 radical (unpaired) electrons. The second kappa shape index (κ2) is 6.56. The van der Waals surface area contributed by atoms with Gasteiger partial charge in [-0.15, -0.1) is 0 Å². The van der Waals surface area contributed by atoms with Gasteiger partial charge in [0.05, 0.1) is 17.4 Å². The molecule has 1 aliphatic heterocycles. The molecule has 7 heteroatoms. The van der Waals surface area contributed by atoms with Crippen molar-refractivity contribution in [3.05, 3.63) is 48.0 Å². The van der Waals surface area contributed by atoms with Crippen molar-refractivity contribution in [2.75, 3.05) is 17.1 Å². The van der Waals surface area contributed by atoms with Gasteiger partial charge in [-0.2, -0.15) is 0 Å². The fourth-order valence-corrected chi connectivity index (χ4v) is 5.15. The summed E-state index contributed by atoms with van der Waals surface area (Å²) in [6, 6.07) is 11.5. The van der Waals surface area contributed by atoms with Gasteiger partial charge in [0.1, 0.15) is 5.75 Å². The third kappa shape index (κ3) is 3.06. The van der Waals surface area contributed by atoms with Crippen LogP contribution in [0.15, 0.2) is 47.4 Å². The molecule has 4 rings (SSSR count). The van der Waals surface area contributed by atoms with Crippen LogP contribution in [0.1, 0.15) is 37.7 Å². The molecule has 2 aromatic carbocycles. The van der Waals surface area contributed by atoms with Crippen LogP contribution in [0.3, 0.4) is 0 Å². The smallest absolute Gasteiger partial charge is 0.261 e.